The Balaban J connectivity index is 1.47. The second kappa shape index (κ2) is 8.97. The van der Waals surface area contributed by atoms with Crippen LogP contribution in [0.3, 0.4) is 0 Å². The lowest BCUT2D eigenvalue weighted by Gasteiger charge is -2.11. The highest BCUT2D eigenvalue weighted by Crippen LogP contribution is 2.19. The molecule has 0 aliphatic carbocycles. The van der Waals surface area contributed by atoms with Crippen LogP contribution in [0.15, 0.2) is 72.8 Å². The number of fused-ring (bicyclic) bond motifs is 1. The predicted molar refractivity (Wildman–Crippen MR) is 114 cm³/mol. The Bertz CT molecular complexity index is 1170. The van der Waals surface area contributed by atoms with E-state index in [2.05, 4.69) is 10.3 Å². The minimum absolute atomic E-state index is 0.130. The van der Waals surface area contributed by atoms with Crippen molar-refractivity contribution in [3.05, 3.63) is 95.0 Å². The van der Waals surface area contributed by atoms with Gasteiger partial charge in [-0.25, -0.2) is 9.37 Å². The van der Waals surface area contributed by atoms with E-state index in [1.807, 2.05) is 28.8 Å². The Morgan fingerprint density at radius 2 is 1.77 bits per heavy atom. The van der Waals surface area contributed by atoms with Crippen LogP contribution < -0.4 is 10.1 Å². The number of para-hydroxylation sites is 2. The summed E-state index contributed by atoms with van der Waals surface area (Å²) in [6, 6.07) is 21.0. The number of carbonyl (C=O) groups excluding carboxylic acids is 1. The second-order valence-electron chi connectivity index (χ2n) is 6.71. The van der Waals surface area contributed by atoms with Gasteiger partial charge in [0, 0.05) is 10.6 Å². The van der Waals surface area contributed by atoms with Crippen LogP contribution in [0.25, 0.3) is 11.0 Å². The van der Waals surface area contributed by atoms with E-state index >= 15 is 0 Å². The van der Waals surface area contributed by atoms with Gasteiger partial charge in [0.15, 0.2) is 6.61 Å². The molecule has 1 amide bonds. The first-order valence-corrected chi connectivity index (χ1v) is 9.80. The van der Waals surface area contributed by atoms with Gasteiger partial charge < -0.3 is 14.6 Å². The fourth-order valence-corrected chi connectivity index (χ4v) is 3.27. The molecule has 0 saturated carbocycles. The molecular weight excluding hydrogens is 405 g/mol. The number of aromatic nitrogens is 2. The molecule has 0 bridgehead atoms. The highest BCUT2D eigenvalue weighted by Gasteiger charge is 2.14. The van der Waals surface area contributed by atoms with Crippen molar-refractivity contribution in [2.75, 3.05) is 6.61 Å². The Morgan fingerprint density at radius 1 is 1.03 bits per heavy atom. The summed E-state index contributed by atoms with van der Waals surface area (Å²) in [5.74, 6) is 0.636. The summed E-state index contributed by atoms with van der Waals surface area (Å²) in [6.07, 6.45) is 0. The van der Waals surface area contributed by atoms with Crippen molar-refractivity contribution in [2.24, 2.45) is 0 Å². The number of benzene rings is 3. The van der Waals surface area contributed by atoms with Crippen molar-refractivity contribution in [3.63, 3.8) is 0 Å². The molecule has 4 aromatic rings. The number of hydrogen-bond acceptors (Lipinski definition) is 3. The minimum atomic E-state index is -0.283. The van der Waals surface area contributed by atoms with Gasteiger partial charge >= 0.3 is 0 Å². The van der Waals surface area contributed by atoms with Crippen LogP contribution in [0.1, 0.15) is 11.4 Å². The Morgan fingerprint density at radius 3 is 2.57 bits per heavy atom. The summed E-state index contributed by atoms with van der Waals surface area (Å²) in [4.78, 5) is 16.8. The number of imidazole rings is 1. The third-order valence-corrected chi connectivity index (χ3v) is 4.90. The van der Waals surface area contributed by atoms with Gasteiger partial charge in [-0.1, -0.05) is 41.9 Å². The van der Waals surface area contributed by atoms with Gasteiger partial charge in [0.05, 0.1) is 24.1 Å². The first kappa shape index (κ1) is 19.9. The molecule has 1 N–H and O–H groups in total. The molecule has 4 rings (SSSR count). The fourth-order valence-electron chi connectivity index (χ4n) is 3.14. The number of amides is 1. The Labute approximate surface area is 178 Å². The molecule has 0 spiro atoms. The Kier molecular flexibility index (Phi) is 5.95. The second-order valence-corrected chi connectivity index (χ2v) is 7.15. The molecule has 1 heterocycles. The van der Waals surface area contributed by atoms with E-state index in [-0.39, 0.29) is 24.9 Å². The van der Waals surface area contributed by atoms with Gasteiger partial charge in [0.2, 0.25) is 0 Å². The highest BCUT2D eigenvalue weighted by molar-refractivity contribution is 6.30. The van der Waals surface area contributed by atoms with Crippen LogP contribution in [0.2, 0.25) is 5.02 Å². The molecular formula is C23H19ClFN3O2. The van der Waals surface area contributed by atoms with E-state index < -0.39 is 0 Å². The molecule has 0 radical (unpaired) electrons. The summed E-state index contributed by atoms with van der Waals surface area (Å²) in [5.41, 5.74) is 2.22. The normalized spacial score (nSPS) is 10.9. The van der Waals surface area contributed by atoms with Gasteiger partial charge in [-0.2, -0.15) is 0 Å². The molecule has 152 valence electrons. The smallest absolute Gasteiger partial charge is 0.258 e. The SMILES string of the molecule is O=C(COc1ccc(Cl)cc1)NCc1nc2ccccc2n1Cc1ccccc1F. The molecule has 0 fully saturated rings. The summed E-state index contributed by atoms with van der Waals surface area (Å²) < 4.78 is 21.6. The van der Waals surface area contributed by atoms with Crippen molar-refractivity contribution >= 4 is 28.5 Å². The summed E-state index contributed by atoms with van der Waals surface area (Å²) in [7, 11) is 0. The number of ether oxygens (including phenoxy) is 1. The maximum atomic E-state index is 14.2. The number of carbonyl (C=O) groups is 1. The minimum Gasteiger partial charge on any atom is -0.484 e. The molecule has 5 nitrogen and oxygen atoms in total. The first-order valence-electron chi connectivity index (χ1n) is 9.43. The monoisotopic (exact) mass is 423 g/mol. The number of halogens is 2. The lowest BCUT2D eigenvalue weighted by atomic mass is 10.2. The van der Waals surface area contributed by atoms with Gasteiger partial charge in [0.1, 0.15) is 17.4 Å². The van der Waals surface area contributed by atoms with Crippen molar-refractivity contribution in [2.45, 2.75) is 13.1 Å². The van der Waals surface area contributed by atoms with E-state index in [4.69, 9.17) is 16.3 Å². The number of hydrogen-bond donors (Lipinski definition) is 1. The van der Waals surface area contributed by atoms with Crippen LogP contribution in [0, 0.1) is 5.82 Å². The molecule has 1 aromatic heterocycles. The quantitative estimate of drug-likeness (QED) is 0.473. The molecule has 0 atom stereocenters. The summed E-state index contributed by atoms with van der Waals surface area (Å²) >= 11 is 5.84. The predicted octanol–water partition coefficient (Wildman–Crippen LogP) is 4.57. The number of nitrogens with one attached hydrogen (secondary N) is 1. The van der Waals surface area contributed by atoms with Crippen LogP contribution in [-0.2, 0) is 17.9 Å². The molecule has 0 aliphatic rings. The lowest BCUT2D eigenvalue weighted by Crippen LogP contribution is -2.29. The van der Waals surface area contributed by atoms with Gasteiger partial charge in [0.25, 0.3) is 5.91 Å². The zero-order valence-corrected chi connectivity index (χ0v) is 16.8. The topological polar surface area (TPSA) is 56.1 Å². The lowest BCUT2D eigenvalue weighted by molar-refractivity contribution is -0.123. The summed E-state index contributed by atoms with van der Waals surface area (Å²) in [6.45, 7) is 0.390. The average Bonchev–Trinajstić information content (AvgIpc) is 3.11. The van der Waals surface area contributed by atoms with E-state index in [0.717, 1.165) is 11.0 Å². The fraction of sp³-hybridized carbons (Fsp3) is 0.130. The van der Waals surface area contributed by atoms with E-state index in [1.54, 1.807) is 42.5 Å². The van der Waals surface area contributed by atoms with Crippen molar-refractivity contribution in [1.82, 2.24) is 14.9 Å². The van der Waals surface area contributed by atoms with Crippen LogP contribution >= 0.6 is 11.6 Å². The molecule has 0 aliphatic heterocycles. The molecule has 3 aromatic carbocycles. The van der Waals surface area contributed by atoms with Gasteiger partial charge in [-0.15, -0.1) is 0 Å². The zero-order chi connectivity index (χ0) is 20.9. The first-order chi connectivity index (χ1) is 14.6. The number of rotatable bonds is 7. The molecule has 0 unspecified atom stereocenters. The number of nitrogens with zero attached hydrogens (tertiary/aromatic N) is 2. The van der Waals surface area contributed by atoms with Crippen molar-refractivity contribution < 1.29 is 13.9 Å². The third-order valence-electron chi connectivity index (χ3n) is 4.65. The van der Waals surface area contributed by atoms with Gasteiger partial charge in [-0.05, 0) is 42.5 Å². The molecule has 7 heteroatoms. The Hall–Kier alpha value is -3.38. The third kappa shape index (κ3) is 4.60. The van der Waals surface area contributed by atoms with Crippen molar-refractivity contribution in [1.29, 1.82) is 0 Å². The molecule has 30 heavy (non-hydrogen) atoms. The molecule has 0 saturated heterocycles. The van der Waals surface area contributed by atoms with E-state index in [9.17, 15) is 9.18 Å². The van der Waals surface area contributed by atoms with E-state index in [1.165, 1.54) is 6.07 Å². The highest BCUT2D eigenvalue weighted by atomic mass is 35.5. The van der Waals surface area contributed by atoms with Crippen LogP contribution in [0.5, 0.6) is 5.75 Å². The van der Waals surface area contributed by atoms with Gasteiger partial charge in [-0.3, -0.25) is 4.79 Å². The maximum Gasteiger partial charge on any atom is 0.258 e. The average molecular weight is 424 g/mol. The largest absolute Gasteiger partial charge is 0.484 e. The maximum absolute atomic E-state index is 14.2. The van der Waals surface area contributed by atoms with Crippen molar-refractivity contribution in [3.8, 4) is 5.75 Å². The standard InChI is InChI=1S/C23H19ClFN3O2/c24-17-9-11-18(12-10-17)30-15-23(29)26-13-22-27-20-7-3-4-8-21(20)28(22)14-16-5-1-2-6-19(16)25/h1-12H,13-15H2,(H,26,29). The van der Waals surface area contributed by atoms with Crippen LogP contribution in [0.4, 0.5) is 4.39 Å². The zero-order valence-electron chi connectivity index (χ0n) is 16.0. The van der Waals surface area contributed by atoms with E-state index in [0.29, 0.717) is 28.7 Å². The summed E-state index contributed by atoms with van der Waals surface area (Å²) in [5, 5.41) is 3.41. The van der Waals surface area contributed by atoms with Crippen LogP contribution in [-0.4, -0.2) is 22.1 Å².